The smallest absolute Gasteiger partial charge is 0.223 e. The van der Waals surface area contributed by atoms with Crippen LogP contribution in [-0.2, 0) is 11.3 Å². The first-order chi connectivity index (χ1) is 9.73. The lowest BCUT2D eigenvalue weighted by molar-refractivity contribution is -0.123. The fourth-order valence-corrected chi connectivity index (χ4v) is 3.66. The molecule has 108 valence electrons. The second kappa shape index (κ2) is 5.78. The molecule has 1 aromatic carbocycles. The topological polar surface area (TPSA) is 41.1 Å². The molecule has 2 fully saturated rings. The standard InChI is InChI=1S/C16H22N2OS/c1-20-13-4-2-12(3-5-13)11-18-15(19)14-10-16(14)6-8-17-9-7-16/h2-5,14,17H,6-11H2,1H3,(H,18,19). The van der Waals surface area contributed by atoms with Crippen molar-refractivity contribution in [1.82, 2.24) is 10.6 Å². The highest BCUT2D eigenvalue weighted by Gasteiger charge is 2.57. The zero-order valence-corrected chi connectivity index (χ0v) is 12.8. The van der Waals surface area contributed by atoms with Crippen LogP contribution in [0.3, 0.4) is 0 Å². The summed E-state index contributed by atoms with van der Waals surface area (Å²) < 4.78 is 0. The summed E-state index contributed by atoms with van der Waals surface area (Å²) in [5.74, 6) is 0.510. The molecule has 2 aliphatic rings. The molecular formula is C16H22N2OS. The van der Waals surface area contributed by atoms with E-state index < -0.39 is 0 Å². The van der Waals surface area contributed by atoms with Crippen LogP contribution in [-0.4, -0.2) is 25.3 Å². The third-order valence-corrected chi connectivity index (χ3v) is 5.47. The van der Waals surface area contributed by atoms with Crippen molar-refractivity contribution in [3.8, 4) is 0 Å². The van der Waals surface area contributed by atoms with E-state index in [-0.39, 0.29) is 11.8 Å². The van der Waals surface area contributed by atoms with E-state index in [0.717, 1.165) is 32.4 Å². The molecule has 1 heterocycles. The number of thioether (sulfide) groups is 1. The Morgan fingerprint density at radius 2 is 2.05 bits per heavy atom. The second-order valence-electron chi connectivity index (χ2n) is 5.93. The van der Waals surface area contributed by atoms with Gasteiger partial charge in [0.15, 0.2) is 0 Å². The van der Waals surface area contributed by atoms with Crippen molar-refractivity contribution in [1.29, 1.82) is 0 Å². The van der Waals surface area contributed by atoms with Gasteiger partial charge in [0.2, 0.25) is 5.91 Å². The van der Waals surface area contributed by atoms with Crippen LogP contribution in [0, 0.1) is 11.3 Å². The lowest BCUT2D eigenvalue weighted by Crippen LogP contribution is -2.33. The summed E-state index contributed by atoms with van der Waals surface area (Å²) in [7, 11) is 0. The van der Waals surface area contributed by atoms with Gasteiger partial charge in [0.1, 0.15) is 0 Å². The summed E-state index contributed by atoms with van der Waals surface area (Å²) in [6.07, 6.45) is 5.48. The molecule has 1 saturated carbocycles. The molecule has 0 aromatic heterocycles. The fraction of sp³-hybridized carbons (Fsp3) is 0.562. The molecular weight excluding hydrogens is 268 g/mol. The Labute approximate surface area is 124 Å². The maximum atomic E-state index is 12.2. The summed E-state index contributed by atoms with van der Waals surface area (Å²) >= 11 is 1.74. The average molecular weight is 290 g/mol. The molecule has 1 spiro atoms. The Kier molecular flexibility index (Phi) is 4.03. The van der Waals surface area contributed by atoms with E-state index in [1.807, 2.05) is 0 Å². The van der Waals surface area contributed by atoms with E-state index in [1.165, 1.54) is 10.5 Å². The number of benzene rings is 1. The Balaban J connectivity index is 1.50. The van der Waals surface area contributed by atoms with Gasteiger partial charge in [-0.05, 0) is 61.7 Å². The quantitative estimate of drug-likeness (QED) is 0.837. The van der Waals surface area contributed by atoms with Crippen LogP contribution in [0.5, 0.6) is 0 Å². The van der Waals surface area contributed by atoms with Gasteiger partial charge < -0.3 is 10.6 Å². The van der Waals surface area contributed by atoms with Crippen molar-refractivity contribution in [2.45, 2.75) is 30.7 Å². The minimum atomic E-state index is 0.251. The van der Waals surface area contributed by atoms with Crippen LogP contribution in [0.4, 0.5) is 0 Å². The number of amides is 1. The van der Waals surface area contributed by atoms with Gasteiger partial charge in [0.25, 0.3) is 0 Å². The highest BCUT2D eigenvalue weighted by Crippen LogP contribution is 2.58. The minimum Gasteiger partial charge on any atom is -0.352 e. The van der Waals surface area contributed by atoms with Crippen LogP contribution in [0.25, 0.3) is 0 Å². The minimum absolute atomic E-state index is 0.251. The Bertz CT molecular complexity index is 480. The SMILES string of the molecule is CSc1ccc(CNC(=O)C2CC23CCNCC3)cc1. The Hall–Kier alpha value is -1.00. The van der Waals surface area contributed by atoms with E-state index in [1.54, 1.807) is 11.8 Å². The normalized spacial score (nSPS) is 23.6. The van der Waals surface area contributed by atoms with Gasteiger partial charge in [0, 0.05) is 17.4 Å². The molecule has 1 atom stereocenters. The number of piperidine rings is 1. The monoisotopic (exact) mass is 290 g/mol. The molecule has 1 amide bonds. The van der Waals surface area contributed by atoms with Crippen molar-refractivity contribution >= 4 is 17.7 Å². The van der Waals surface area contributed by atoms with Crippen LogP contribution in [0.15, 0.2) is 29.2 Å². The first-order valence-corrected chi connectivity index (χ1v) is 8.57. The lowest BCUT2D eigenvalue weighted by atomic mass is 9.92. The lowest BCUT2D eigenvalue weighted by Gasteiger charge is -2.23. The summed E-state index contributed by atoms with van der Waals surface area (Å²) in [6.45, 7) is 2.79. The molecule has 20 heavy (non-hydrogen) atoms. The van der Waals surface area contributed by atoms with E-state index in [4.69, 9.17) is 0 Å². The predicted octanol–water partition coefficient (Wildman–Crippen LogP) is 2.41. The zero-order chi connectivity index (χ0) is 14.0. The molecule has 1 aliphatic heterocycles. The van der Waals surface area contributed by atoms with Gasteiger partial charge in [-0.25, -0.2) is 0 Å². The second-order valence-corrected chi connectivity index (χ2v) is 6.81. The molecule has 1 aliphatic carbocycles. The molecule has 2 N–H and O–H groups in total. The Morgan fingerprint density at radius 1 is 1.35 bits per heavy atom. The summed E-state index contributed by atoms with van der Waals surface area (Å²) in [5.41, 5.74) is 1.51. The van der Waals surface area contributed by atoms with Crippen molar-refractivity contribution in [3.05, 3.63) is 29.8 Å². The first-order valence-electron chi connectivity index (χ1n) is 7.35. The highest BCUT2D eigenvalue weighted by atomic mass is 32.2. The van der Waals surface area contributed by atoms with E-state index in [2.05, 4.69) is 41.2 Å². The summed E-state index contributed by atoms with van der Waals surface area (Å²) in [4.78, 5) is 13.5. The molecule has 1 aromatic rings. The number of carbonyl (C=O) groups excluding carboxylic acids is 1. The van der Waals surface area contributed by atoms with E-state index >= 15 is 0 Å². The maximum Gasteiger partial charge on any atom is 0.223 e. The molecule has 0 bridgehead atoms. The zero-order valence-electron chi connectivity index (χ0n) is 11.9. The first kappa shape index (κ1) is 14.0. The third-order valence-electron chi connectivity index (χ3n) is 4.73. The van der Waals surface area contributed by atoms with Crippen molar-refractivity contribution in [2.75, 3.05) is 19.3 Å². The van der Waals surface area contributed by atoms with Gasteiger partial charge in [-0.3, -0.25) is 4.79 Å². The van der Waals surface area contributed by atoms with Crippen LogP contribution >= 0.6 is 11.8 Å². The number of hydrogen-bond donors (Lipinski definition) is 2. The van der Waals surface area contributed by atoms with Crippen molar-refractivity contribution in [2.24, 2.45) is 11.3 Å². The van der Waals surface area contributed by atoms with Gasteiger partial charge in [-0.1, -0.05) is 12.1 Å². The summed E-state index contributed by atoms with van der Waals surface area (Å²) in [6, 6.07) is 8.41. The highest BCUT2D eigenvalue weighted by molar-refractivity contribution is 7.98. The van der Waals surface area contributed by atoms with Crippen molar-refractivity contribution < 1.29 is 4.79 Å². The molecule has 3 nitrogen and oxygen atoms in total. The van der Waals surface area contributed by atoms with Crippen LogP contribution in [0.1, 0.15) is 24.8 Å². The predicted molar refractivity (Wildman–Crippen MR) is 82.7 cm³/mol. The number of rotatable bonds is 4. The molecule has 0 radical (unpaired) electrons. The number of hydrogen-bond acceptors (Lipinski definition) is 3. The number of carbonyl (C=O) groups is 1. The molecule has 1 saturated heterocycles. The van der Waals surface area contributed by atoms with Gasteiger partial charge in [-0.2, -0.15) is 0 Å². The van der Waals surface area contributed by atoms with E-state index in [9.17, 15) is 4.79 Å². The van der Waals surface area contributed by atoms with Crippen molar-refractivity contribution in [3.63, 3.8) is 0 Å². The van der Waals surface area contributed by atoms with Gasteiger partial charge in [0.05, 0.1) is 0 Å². The van der Waals surface area contributed by atoms with E-state index in [0.29, 0.717) is 12.0 Å². The number of nitrogens with one attached hydrogen (secondary N) is 2. The fourth-order valence-electron chi connectivity index (χ4n) is 3.25. The average Bonchev–Trinajstić information content (AvgIpc) is 3.19. The largest absolute Gasteiger partial charge is 0.352 e. The van der Waals surface area contributed by atoms with Gasteiger partial charge in [-0.15, -0.1) is 11.8 Å². The molecule has 3 rings (SSSR count). The van der Waals surface area contributed by atoms with Crippen LogP contribution < -0.4 is 10.6 Å². The molecule has 4 heteroatoms. The molecule has 1 unspecified atom stereocenters. The third kappa shape index (κ3) is 2.86. The Morgan fingerprint density at radius 3 is 2.70 bits per heavy atom. The van der Waals surface area contributed by atoms with Crippen LogP contribution in [0.2, 0.25) is 0 Å². The summed E-state index contributed by atoms with van der Waals surface area (Å²) in [5, 5.41) is 6.48. The van der Waals surface area contributed by atoms with Gasteiger partial charge >= 0.3 is 0 Å². The maximum absolute atomic E-state index is 12.2.